The first-order valence-corrected chi connectivity index (χ1v) is 8.58. The van der Waals surface area contributed by atoms with Crippen LogP contribution in [-0.2, 0) is 4.79 Å². The number of amides is 1. The van der Waals surface area contributed by atoms with Crippen LogP contribution in [0.3, 0.4) is 0 Å². The van der Waals surface area contributed by atoms with E-state index in [0.29, 0.717) is 39.1 Å². The van der Waals surface area contributed by atoms with E-state index in [1.54, 1.807) is 25.1 Å². The second kappa shape index (κ2) is 7.74. The summed E-state index contributed by atoms with van der Waals surface area (Å²) in [7, 11) is 2.99. The summed E-state index contributed by atoms with van der Waals surface area (Å²) in [5.41, 5.74) is 2.01. The fourth-order valence-electron chi connectivity index (χ4n) is 2.79. The normalized spacial score (nSPS) is 15.0. The molecular formula is C20H16ClN2O5-. The topological polar surface area (TPSA) is 91.3 Å². The number of hydrogen-bond donors (Lipinski definition) is 0. The Hall–Kier alpha value is -3.32. The molecule has 2 aromatic rings. The van der Waals surface area contributed by atoms with Crippen LogP contribution in [0.2, 0.25) is 5.02 Å². The Morgan fingerprint density at radius 3 is 2.43 bits per heavy atom. The average Bonchev–Trinajstić information content (AvgIpc) is 2.95. The molecule has 2 aromatic carbocycles. The van der Waals surface area contributed by atoms with Crippen molar-refractivity contribution in [3.8, 4) is 11.5 Å². The van der Waals surface area contributed by atoms with Crippen molar-refractivity contribution in [3.05, 3.63) is 58.1 Å². The molecule has 0 aliphatic carbocycles. The largest absolute Gasteiger partial charge is 0.545 e. The van der Waals surface area contributed by atoms with E-state index in [0.717, 1.165) is 0 Å². The first-order valence-electron chi connectivity index (χ1n) is 8.20. The third-order valence-electron chi connectivity index (χ3n) is 4.18. The van der Waals surface area contributed by atoms with Crippen LogP contribution in [0.25, 0.3) is 6.08 Å². The highest BCUT2D eigenvalue weighted by Gasteiger charge is 2.28. The fourth-order valence-corrected chi connectivity index (χ4v) is 3.08. The Bertz CT molecular complexity index is 1010. The summed E-state index contributed by atoms with van der Waals surface area (Å²) in [5, 5.41) is 16.7. The summed E-state index contributed by atoms with van der Waals surface area (Å²) in [6, 6.07) is 9.08. The van der Waals surface area contributed by atoms with Crippen molar-refractivity contribution in [1.82, 2.24) is 0 Å². The number of hydrazone groups is 1. The predicted octanol–water partition coefficient (Wildman–Crippen LogP) is 2.53. The van der Waals surface area contributed by atoms with Crippen molar-refractivity contribution in [3.63, 3.8) is 0 Å². The van der Waals surface area contributed by atoms with Gasteiger partial charge in [0.05, 0.1) is 42.2 Å². The molecule has 0 bridgehead atoms. The molecule has 0 spiro atoms. The van der Waals surface area contributed by atoms with Crippen LogP contribution in [0.15, 0.2) is 47.1 Å². The lowest BCUT2D eigenvalue weighted by atomic mass is 10.1. The van der Waals surface area contributed by atoms with Crippen LogP contribution in [0.4, 0.5) is 5.69 Å². The number of carboxylic acids is 1. The van der Waals surface area contributed by atoms with Crippen molar-refractivity contribution in [2.24, 2.45) is 5.10 Å². The molecule has 0 fully saturated rings. The van der Waals surface area contributed by atoms with E-state index in [-0.39, 0.29) is 11.5 Å². The number of rotatable bonds is 5. The van der Waals surface area contributed by atoms with Gasteiger partial charge in [-0.05, 0) is 48.4 Å². The maximum atomic E-state index is 12.8. The van der Waals surface area contributed by atoms with Gasteiger partial charge in [-0.3, -0.25) is 4.79 Å². The molecule has 3 rings (SSSR count). The van der Waals surface area contributed by atoms with Gasteiger partial charge in [0.1, 0.15) is 0 Å². The Kier molecular flexibility index (Phi) is 5.37. The summed E-state index contributed by atoms with van der Waals surface area (Å²) < 4.78 is 10.5. The number of anilines is 1. The highest BCUT2D eigenvalue weighted by atomic mass is 35.5. The molecule has 0 unspecified atom stereocenters. The van der Waals surface area contributed by atoms with Crippen LogP contribution >= 0.6 is 11.6 Å². The average molecular weight is 400 g/mol. The quantitative estimate of drug-likeness (QED) is 0.720. The van der Waals surface area contributed by atoms with Gasteiger partial charge in [-0.25, -0.2) is 0 Å². The monoisotopic (exact) mass is 399 g/mol. The zero-order chi connectivity index (χ0) is 20.4. The van der Waals surface area contributed by atoms with Crippen LogP contribution in [-0.4, -0.2) is 31.8 Å². The van der Waals surface area contributed by atoms with Gasteiger partial charge in [-0.1, -0.05) is 23.7 Å². The van der Waals surface area contributed by atoms with Gasteiger partial charge < -0.3 is 19.4 Å². The van der Waals surface area contributed by atoms with Crippen molar-refractivity contribution < 1.29 is 24.2 Å². The van der Waals surface area contributed by atoms with Crippen molar-refractivity contribution >= 4 is 41.0 Å². The van der Waals surface area contributed by atoms with E-state index in [1.807, 2.05) is 0 Å². The van der Waals surface area contributed by atoms with Crippen molar-refractivity contribution in [2.75, 3.05) is 19.2 Å². The molecule has 1 heterocycles. The molecular weight excluding hydrogens is 384 g/mol. The lowest BCUT2D eigenvalue weighted by molar-refractivity contribution is -0.255. The molecule has 1 aliphatic heterocycles. The fraction of sp³-hybridized carbons (Fsp3) is 0.150. The van der Waals surface area contributed by atoms with Crippen LogP contribution < -0.4 is 19.6 Å². The molecule has 8 heteroatoms. The number of hydrogen-bond acceptors (Lipinski definition) is 6. The number of ether oxygens (including phenoxy) is 2. The lowest BCUT2D eigenvalue weighted by Gasteiger charge is -2.13. The van der Waals surface area contributed by atoms with Gasteiger partial charge in [0.25, 0.3) is 5.91 Å². The Morgan fingerprint density at radius 2 is 1.86 bits per heavy atom. The van der Waals surface area contributed by atoms with Crippen LogP contribution in [0.5, 0.6) is 11.5 Å². The third-order valence-corrected chi connectivity index (χ3v) is 4.46. The number of carbonyl (C=O) groups excluding carboxylic acids is 2. The van der Waals surface area contributed by atoms with E-state index in [4.69, 9.17) is 21.1 Å². The molecule has 0 aromatic heterocycles. The second-order valence-electron chi connectivity index (χ2n) is 5.93. The standard InChI is InChI=1S/C20H17ClN2O5/c1-11-15(8-12-9-16(21)18(28-3)17(10-12)27-2)19(24)23(22-11)14-6-4-13(5-7-14)20(25)26/h4-10H,1-3H3,(H,25,26)/p-1/b15-8+. The minimum absolute atomic E-state index is 0.0202. The van der Waals surface area contributed by atoms with Gasteiger partial charge >= 0.3 is 0 Å². The van der Waals surface area contributed by atoms with E-state index in [9.17, 15) is 14.7 Å². The van der Waals surface area contributed by atoms with Gasteiger partial charge in [-0.15, -0.1) is 0 Å². The highest BCUT2D eigenvalue weighted by Crippen LogP contribution is 2.37. The zero-order valence-electron chi connectivity index (χ0n) is 15.4. The maximum absolute atomic E-state index is 12.8. The molecule has 1 aliphatic rings. The van der Waals surface area contributed by atoms with Gasteiger partial charge in [0.2, 0.25) is 0 Å². The van der Waals surface area contributed by atoms with Crippen molar-refractivity contribution in [2.45, 2.75) is 6.92 Å². The van der Waals surface area contributed by atoms with Gasteiger partial charge in [0.15, 0.2) is 11.5 Å². The number of benzene rings is 2. The van der Waals surface area contributed by atoms with Crippen molar-refractivity contribution in [1.29, 1.82) is 0 Å². The SMILES string of the molecule is COc1cc(/C=C2/C(=O)N(c3ccc(C(=O)[O-])cc3)N=C2C)cc(Cl)c1OC. The molecule has 0 atom stereocenters. The summed E-state index contributed by atoms with van der Waals surface area (Å²) in [5.74, 6) is -0.782. The number of aromatic carboxylic acids is 1. The third kappa shape index (κ3) is 3.57. The number of carbonyl (C=O) groups is 2. The van der Waals surface area contributed by atoms with E-state index in [1.165, 1.54) is 43.5 Å². The summed E-state index contributed by atoms with van der Waals surface area (Å²) in [6.45, 7) is 1.71. The summed E-state index contributed by atoms with van der Waals surface area (Å²) >= 11 is 6.22. The molecule has 1 amide bonds. The Balaban J connectivity index is 1.94. The van der Waals surface area contributed by atoms with Crippen LogP contribution in [0, 0.1) is 0 Å². The Labute approximate surface area is 166 Å². The smallest absolute Gasteiger partial charge is 0.280 e. The molecule has 144 valence electrons. The molecule has 0 saturated carbocycles. The molecule has 7 nitrogen and oxygen atoms in total. The molecule has 0 saturated heterocycles. The van der Waals surface area contributed by atoms with Gasteiger partial charge in [0, 0.05) is 0 Å². The predicted molar refractivity (Wildman–Crippen MR) is 104 cm³/mol. The minimum Gasteiger partial charge on any atom is -0.545 e. The number of nitrogens with zero attached hydrogens (tertiary/aromatic N) is 2. The summed E-state index contributed by atoms with van der Waals surface area (Å²) in [4.78, 5) is 23.7. The minimum atomic E-state index is -1.29. The number of carboxylic acid groups (broad SMARTS) is 1. The van der Waals surface area contributed by atoms with E-state index < -0.39 is 5.97 Å². The molecule has 28 heavy (non-hydrogen) atoms. The van der Waals surface area contributed by atoms with E-state index >= 15 is 0 Å². The zero-order valence-corrected chi connectivity index (χ0v) is 16.1. The number of halogens is 1. The van der Waals surface area contributed by atoms with Gasteiger partial charge in [-0.2, -0.15) is 10.1 Å². The second-order valence-corrected chi connectivity index (χ2v) is 6.34. The molecule has 0 N–H and O–H groups in total. The Morgan fingerprint density at radius 1 is 1.18 bits per heavy atom. The van der Waals surface area contributed by atoms with E-state index in [2.05, 4.69) is 5.10 Å². The maximum Gasteiger partial charge on any atom is 0.280 e. The lowest BCUT2D eigenvalue weighted by Crippen LogP contribution is -2.23. The van der Waals surface area contributed by atoms with Crippen LogP contribution in [0.1, 0.15) is 22.8 Å². The highest BCUT2D eigenvalue weighted by molar-refractivity contribution is 6.33. The summed E-state index contributed by atoms with van der Waals surface area (Å²) in [6.07, 6.45) is 1.66. The molecule has 0 radical (unpaired) electrons. The first-order chi connectivity index (χ1) is 13.3. The first kappa shape index (κ1) is 19.4. The number of methoxy groups -OCH3 is 2.